The van der Waals surface area contributed by atoms with Crippen LogP contribution in [0.25, 0.3) is 0 Å². The van der Waals surface area contributed by atoms with Gasteiger partial charge in [-0.05, 0) is 38.0 Å². The molecule has 1 heterocycles. The average molecular weight is 281 g/mol. The summed E-state index contributed by atoms with van der Waals surface area (Å²) in [5.74, 6) is 2.55. The maximum atomic E-state index is 5.80. The summed E-state index contributed by atoms with van der Waals surface area (Å²) in [6.45, 7) is 7.34. The van der Waals surface area contributed by atoms with Gasteiger partial charge in [-0.25, -0.2) is 0 Å². The summed E-state index contributed by atoms with van der Waals surface area (Å²) < 4.78 is 5.80. The summed E-state index contributed by atoms with van der Waals surface area (Å²) in [6.07, 6.45) is 7.83. The van der Waals surface area contributed by atoms with Gasteiger partial charge in [0.15, 0.2) is 5.96 Å². The molecule has 20 heavy (non-hydrogen) atoms. The highest BCUT2D eigenvalue weighted by Gasteiger charge is 2.29. The highest BCUT2D eigenvalue weighted by Crippen LogP contribution is 2.28. The fourth-order valence-electron chi connectivity index (χ4n) is 3.39. The van der Waals surface area contributed by atoms with Crippen molar-refractivity contribution in [1.29, 1.82) is 0 Å². The molecule has 2 rings (SSSR count). The van der Waals surface area contributed by atoms with Crippen molar-refractivity contribution >= 4 is 5.96 Å². The molecule has 116 valence electrons. The Morgan fingerprint density at radius 2 is 2.05 bits per heavy atom. The number of guanidine groups is 1. The Hall–Kier alpha value is -0.770. The molecular formula is C16H31N3O. The topological polar surface area (TPSA) is 45.7 Å². The minimum absolute atomic E-state index is 0.0181. The lowest BCUT2D eigenvalue weighted by atomic mass is 9.80. The fraction of sp³-hybridized carbons (Fsp3) is 0.938. The standard InChI is InChI=1S/C16H31N3O/c1-13-7-4-5-8-14(13)11-18-15(17-3)19-12-16(2)9-6-10-20-16/h13-14H,4-12H2,1-3H3,(H2,17,18,19). The third-order valence-electron chi connectivity index (χ3n) is 4.97. The molecule has 4 heteroatoms. The lowest BCUT2D eigenvalue weighted by molar-refractivity contribution is 0.0242. The Kier molecular flexibility index (Phi) is 5.70. The van der Waals surface area contributed by atoms with E-state index in [0.29, 0.717) is 0 Å². The van der Waals surface area contributed by atoms with Gasteiger partial charge in [0.2, 0.25) is 0 Å². The van der Waals surface area contributed by atoms with E-state index >= 15 is 0 Å². The first kappa shape index (κ1) is 15.6. The van der Waals surface area contributed by atoms with E-state index in [9.17, 15) is 0 Å². The first-order valence-electron chi connectivity index (χ1n) is 8.21. The highest BCUT2D eigenvalue weighted by molar-refractivity contribution is 5.79. The van der Waals surface area contributed by atoms with E-state index in [1.54, 1.807) is 0 Å². The highest BCUT2D eigenvalue weighted by atomic mass is 16.5. The Morgan fingerprint density at radius 3 is 2.70 bits per heavy atom. The number of ether oxygens (including phenoxy) is 1. The second-order valence-electron chi connectivity index (χ2n) is 6.73. The van der Waals surface area contributed by atoms with Crippen LogP contribution in [0.4, 0.5) is 0 Å². The summed E-state index contributed by atoms with van der Waals surface area (Å²) in [5, 5.41) is 6.91. The molecule has 2 N–H and O–H groups in total. The lowest BCUT2D eigenvalue weighted by Crippen LogP contribution is -2.47. The van der Waals surface area contributed by atoms with Gasteiger partial charge in [-0.1, -0.05) is 26.2 Å². The van der Waals surface area contributed by atoms with E-state index in [-0.39, 0.29) is 5.60 Å². The van der Waals surface area contributed by atoms with Gasteiger partial charge >= 0.3 is 0 Å². The Morgan fingerprint density at radius 1 is 1.25 bits per heavy atom. The number of rotatable bonds is 4. The van der Waals surface area contributed by atoms with E-state index in [0.717, 1.165) is 43.9 Å². The maximum absolute atomic E-state index is 5.80. The normalized spacial score (nSPS) is 35.0. The first-order valence-corrected chi connectivity index (χ1v) is 8.21. The van der Waals surface area contributed by atoms with Crippen LogP contribution in [0.15, 0.2) is 4.99 Å². The van der Waals surface area contributed by atoms with Crippen LogP contribution >= 0.6 is 0 Å². The van der Waals surface area contributed by atoms with Gasteiger partial charge in [-0.2, -0.15) is 0 Å². The van der Waals surface area contributed by atoms with Crippen molar-refractivity contribution < 1.29 is 4.74 Å². The molecule has 3 unspecified atom stereocenters. The van der Waals surface area contributed by atoms with Gasteiger partial charge in [0.25, 0.3) is 0 Å². The SMILES string of the molecule is CN=C(NCC1CCCCC1C)NCC1(C)CCCO1. The lowest BCUT2D eigenvalue weighted by Gasteiger charge is -2.30. The van der Waals surface area contributed by atoms with Crippen LogP contribution in [-0.4, -0.2) is 38.3 Å². The van der Waals surface area contributed by atoms with E-state index in [1.807, 2.05) is 7.05 Å². The van der Waals surface area contributed by atoms with Gasteiger partial charge in [0.05, 0.1) is 5.60 Å². The second-order valence-corrected chi connectivity index (χ2v) is 6.73. The minimum atomic E-state index is -0.0181. The van der Waals surface area contributed by atoms with Crippen molar-refractivity contribution in [3.05, 3.63) is 0 Å². The summed E-state index contributed by atoms with van der Waals surface area (Å²) in [4.78, 5) is 4.33. The number of nitrogens with one attached hydrogen (secondary N) is 2. The van der Waals surface area contributed by atoms with Crippen LogP contribution in [0.2, 0.25) is 0 Å². The van der Waals surface area contributed by atoms with Crippen LogP contribution < -0.4 is 10.6 Å². The predicted molar refractivity (Wildman–Crippen MR) is 84.1 cm³/mol. The molecule has 1 saturated heterocycles. The smallest absolute Gasteiger partial charge is 0.191 e. The van der Waals surface area contributed by atoms with Gasteiger partial charge in [-0.3, -0.25) is 4.99 Å². The summed E-state index contributed by atoms with van der Waals surface area (Å²) >= 11 is 0. The largest absolute Gasteiger partial charge is 0.373 e. The van der Waals surface area contributed by atoms with E-state index in [2.05, 4.69) is 29.5 Å². The number of hydrogen-bond donors (Lipinski definition) is 2. The van der Waals surface area contributed by atoms with Crippen molar-refractivity contribution in [3.63, 3.8) is 0 Å². The van der Waals surface area contributed by atoms with Crippen molar-refractivity contribution in [2.24, 2.45) is 16.8 Å². The zero-order valence-electron chi connectivity index (χ0n) is 13.4. The predicted octanol–water partition coefficient (Wildman–Crippen LogP) is 2.55. The fourth-order valence-corrected chi connectivity index (χ4v) is 3.39. The molecule has 1 aliphatic carbocycles. The van der Waals surface area contributed by atoms with Crippen LogP contribution in [0.3, 0.4) is 0 Å². The summed E-state index contributed by atoms with van der Waals surface area (Å²) in [6, 6.07) is 0. The Bertz CT molecular complexity index is 324. The molecular weight excluding hydrogens is 250 g/mol. The van der Waals surface area contributed by atoms with E-state index in [1.165, 1.54) is 32.1 Å². The second kappa shape index (κ2) is 7.30. The van der Waals surface area contributed by atoms with Gasteiger partial charge in [0.1, 0.15) is 0 Å². The first-order chi connectivity index (χ1) is 9.63. The molecule has 4 nitrogen and oxygen atoms in total. The van der Waals surface area contributed by atoms with Crippen molar-refractivity contribution in [1.82, 2.24) is 10.6 Å². The number of nitrogens with zero attached hydrogens (tertiary/aromatic N) is 1. The molecule has 0 amide bonds. The number of aliphatic imine (C=N–C) groups is 1. The molecule has 0 aromatic heterocycles. The molecule has 2 fully saturated rings. The van der Waals surface area contributed by atoms with Crippen molar-refractivity contribution in [2.75, 3.05) is 26.7 Å². The van der Waals surface area contributed by atoms with Crippen molar-refractivity contribution in [3.8, 4) is 0 Å². The van der Waals surface area contributed by atoms with Crippen molar-refractivity contribution in [2.45, 2.75) is 58.0 Å². The van der Waals surface area contributed by atoms with Crippen LogP contribution in [0.5, 0.6) is 0 Å². The van der Waals surface area contributed by atoms with Crippen LogP contribution in [-0.2, 0) is 4.74 Å². The monoisotopic (exact) mass is 281 g/mol. The molecule has 2 aliphatic rings. The molecule has 0 spiro atoms. The zero-order chi connectivity index (χ0) is 14.4. The molecule has 0 aromatic rings. The average Bonchev–Trinajstić information content (AvgIpc) is 2.88. The third-order valence-corrected chi connectivity index (χ3v) is 4.97. The van der Waals surface area contributed by atoms with Gasteiger partial charge < -0.3 is 15.4 Å². The molecule has 0 aromatic carbocycles. The number of hydrogen-bond acceptors (Lipinski definition) is 2. The maximum Gasteiger partial charge on any atom is 0.191 e. The quantitative estimate of drug-likeness (QED) is 0.615. The van der Waals surface area contributed by atoms with Gasteiger partial charge in [0, 0.05) is 26.7 Å². The molecule has 1 saturated carbocycles. The van der Waals surface area contributed by atoms with E-state index < -0.39 is 0 Å². The summed E-state index contributed by atoms with van der Waals surface area (Å²) in [5.41, 5.74) is -0.0181. The third kappa shape index (κ3) is 4.37. The van der Waals surface area contributed by atoms with Crippen LogP contribution in [0.1, 0.15) is 52.4 Å². The molecule has 0 bridgehead atoms. The molecule has 0 radical (unpaired) electrons. The Balaban J connectivity index is 1.72. The van der Waals surface area contributed by atoms with Crippen LogP contribution in [0, 0.1) is 11.8 Å². The molecule has 3 atom stereocenters. The zero-order valence-corrected chi connectivity index (χ0v) is 13.4. The Labute approximate surface area is 123 Å². The summed E-state index contributed by atoms with van der Waals surface area (Å²) in [7, 11) is 1.84. The minimum Gasteiger partial charge on any atom is -0.373 e. The van der Waals surface area contributed by atoms with E-state index in [4.69, 9.17) is 4.74 Å². The van der Waals surface area contributed by atoms with Gasteiger partial charge in [-0.15, -0.1) is 0 Å². The molecule has 1 aliphatic heterocycles.